The second kappa shape index (κ2) is 9.57. The lowest BCUT2D eigenvalue weighted by Crippen LogP contribution is -2.31. The first-order valence-electron chi connectivity index (χ1n) is 8.60. The Labute approximate surface area is 172 Å². The highest BCUT2D eigenvalue weighted by atomic mass is 35.5. The first kappa shape index (κ1) is 20.2. The highest BCUT2D eigenvalue weighted by Gasteiger charge is 2.14. The summed E-state index contributed by atoms with van der Waals surface area (Å²) >= 11 is 7.66. The SMILES string of the molecule is CN(Cc1c(F)cccc1Cl)C(=O)Nc1cccc(CSc2ccccn2)c1. The summed E-state index contributed by atoms with van der Waals surface area (Å²) in [6.07, 6.45) is 1.76. The van der Waals surface area contributed by atoms with Crippen molar-refractivity contribution in [3.8, 4) is 0 Å². The molecule has 0 aliphatic rings. The van der Waals surface area contributed by atoms with Crippen LogP contribution in [-0.2, 0) is 12.3 Å². The van der Waals surface area contributed by atoms with Gasteiger partial charge in [-0.3, -0.25) is 0 Å². The van der Waals surface area contributed by atoms with Crippen molar-refractivity contribution < 1.29 is 9.18 Å². The van der Waals surface area contributed by atoms with Crippen LogP contribution in [0.15, 0.2) is 71.9 Å². The van der Waals surface area contributed by atoms with E-state index in [0.29, 0.717) is 16.3 Å². The highest BCUT2D eigenvalue weighted by Crippen LogP contribution is 2.23. The zero-order valence-electron chi connectivity index (χ0n) is 15.2. The highest BCUT2D eigenvalue weighted by molar-refractivity contribution is 7.98. The molecule has 3 rings (SSSR count). The summed E-state index contributed by atoms with van der Waals surface area (Å²) in [6.45, 7) is 0.0760. The van der Waals surface area contributed by atoms with Gasteiger partial charge in [-0.2, -0.15) is 0 Å². The summed E-state index contributed by atoms with van der Waals surface area (Å²) in [6, 6.07) is 17.5. The number of urea groups is 1. The Bertz CT molecular complexity index is 935. The minimum atomic E-state index is -0.430. The predicted octanol–water partition coefficient (Wildman–Crippen LogP) is 5.83. The Morgan fingerprint density at radius 3 is 2.75 bits per heavy atom. The number of hydrogen-bond acceptors (Lipinski definition) is 3. The largest absolute Gasteiger partial charge is 0.323 e. The fourth-order valence-electron chi connectivity index (χ4n) is 2.54. The Balaban J connectivity index is 1.60. The quantitative estimate of drug-likeness (QED) is 0.515. The molecule has 0 radical (unpaired) electrons. The third-order valence-corrected chi connectivity index (χ3v) is 5.38. The zero-order chi connectivity index (χ0) is 19.9. The van der Waals surface area contributed by atoms with Crippen molar-refractivity contribution in [2.24, 2.45) is 0 Å². The van der Waals surface area contributed by atoms with Gasteiger partial charge in [0.15, 0.2) is 0 Å². The molecule has 0 saturated heterocycles. The van der Waals surface area contributed by atoms with E-state index in [1.54, 1.807) is 31.1 Å². The molecule has 0 aliphatic heterocycles. The van der Waals surface area contributed by atoms with Crippen LogP contribution in [0.1, 0.15) is 11.1 Å². The number of hydrogen-bond donors (Lipinski definition) is 1. The number of halogens is 2. The maximum Gasteiger partial charge on any atom is 0.321 e. The minimum Gasteiger partial charge on any atom is -0.323 e. The molecule has 1 heterocycles. The van der Waals surface area contributed by atoms with Crippen LogP contribution in [0.3, 0.4) is 0 Å². The Morgan fingerprint density at radius 2 is 2.00 bits per heavy atom. The molecule has 0 fully saturated rings. The van der Waals surface area contributed by atoms with E-state index >= 15 is 0 Å². The van der Waals surface area contributed by atoms with Crippen LogP contribution < -0.4 is 5.32 Å². The van der Waals surface area contributed by atoms with Gasteiger partial charge < -0.3 is 10.2 Å². The van der Waals surface area contributed by atoms with Gasteiger partial charge in [-0.25, -0.2) is 14.2 Å². The van der Waals surface area contributed by atoms with E-state index in [-0.39, 0.29) is 12.6 Å². The monoisotopic (exact) mass is 415 g/mol. The first-order valence-corrected chi connectivity index (χ1v) is 9.97. The van der Waals surface area contributed by atoms with Crippen LogP contribution in [0.5, 0.6) is 0 Å². The molecule has 0 spiro atoms. The zero-order valence-corrected chi connectivity index (χ0v) is 16.8. The lowest BCUT2D eigenvalue weighted by atomic mass is 10.2. The van der Waals surface area contributed by atoms with E-state index in [2.05, 4.69) is 10.3 Å². The van der Waals surface area contributed by atoms with Crippen LogP contribution in [0.4, 0.5) is 14.9 Å². The molecule has 4 nitrogen and oxygen atoms in total. The molecular weight excluding hydrogens is 397 g/mol. The molecule has 1 N–H and O–H groups in total. The molecule has 28 heavy (non-hydrogen) atoms. The molecule has 7 heteroatoms. The Morgan fingerprint density at radius 1 is 1.18 bits per heavy atom. The smallest absolute Gasteiger partial charge is 0.321 e. The number of nitrogens with zero attached hydrogens (tertiary/aromatic N) is 2. The number of carbonyl (C=O) groups excluding carboxylic acids is 1. The van der Waals surface area contributed by atoms with Gasteiger partial charge in [0.05, 0.1) is 11.6 Å². The third kappa shape index (κ3) is 5.47. The molecule has 0 aliphatic carbocycles. The number of amides is 2. The van der Waals surface area contributed by atoms with Gasteiger partial charge >= 0.3 is 6.03 Å². The summed E-state index contributed by atoms with van der Waals surface area (Å²) in [7, 11) is 1.60. The summed E-state index contributed by atoms with van der Waals surface area (Å²) in [5.74, 6) is 0.308. The topological polar surface area (TPSA) is 45.2 Å². The van der Waals surface area contributed by atoms with Crippen molar-refractivity contribution in [3.63, 3.8) is 0 Å². The minimum absolute atomic E-state index is 0.0760. The van der Waals surface area contributed by atoms with Crippen molar-refractivity contribution in [3.05, 3.63) is 88.8 Å². The lowest BCUT2D eigenvalue weighted by molar-refractivity contribution is 0.220. The molecule has 0 unspecified atom stereocenters. The number of rotatable bonds is 6. The van der Waals surface area contributed by atoms with Gasteiger partial charge in [0.1, 0.15) is 5.82 Å². The normalized spacial score (nSPS) is 10.5. The van der Waals surface area contributed by atoms with E-state index in [9.17, 15) is 9.18 Å². The maximum atomic E-state index is 13.9. The molecule has 0 atom stereocenters. The van der Waals surface area contributed by atoms with Crippen LogP contribution in [0, 0.1) is 5.82 Å². The van der Waals surface area contributed by atoms with Crippen LogP contribution in [-0.4, -0.2) is 23.0 Å². The third-order valence-electron chi connectivity index (χ3n) is 4.01. The predicted molar refractivity (Wildman–Crippen MR) is 112 cm³/mol. The number of nitrogens with one attached hydrogen (secondary N) is 1. The van der Waals surface area contributed by atoms with E-state index in [0.717, 1.165) is 16.3 Å². The van der Waals surface area contributed by atoms with Crippen molar-refractivity contribution in [1.82, 2.24) is 9.88 Å². The van der Waals surface area contributed by atoms with Crippen molar-refractivity contribution in [1.29, 1.82) is 0 Å². The number of pyridine rings is 1. The fourth-order valence-corrected chi connectivity index (χ4v) is 3.57. The van der Waals surface area contributed by atoms with Gasteiger partial charge in [-0.15, -0.1) is 11.8 Å². The lowest BCUT2D eigenvalue weighted by Gasteiger charge is -2.19. The second-order valence-corrected chi connectivity index (χ2v) is 7.55. The molecule has 0 bridgehead atoms. The Hall–Kier alpha value is -2.57. The molecule has 144 valence electrons. The molecule has 1 aromatic heterocycles. The average Bonchev–Trinajstić information content (AvgIpc) is 2.70. The van der Waals surface area contributed by atoms with E-state index in [1.807, 2.05) is 42.5 Å². The molecule has 0 saturated carbocycles. The van der Waals surface area contributed by atoms with Crippen molar-refractivity contribution in [2.75, 3.05) is 12.4 Å². The standard InChI is InChI=1S/C21H19ClFN3OS/c1-26(13-17-18(22)8-5-9-19(17)23)21(27)25-16-7-4-6-15(12-16)14-28-20-10-2-3-11-24-20/h2-12H,13-14H2,1H3,(H,25,27). The van der Waals surface area contributed by atoms with Gasteiger partial charge in [0.2, 0.25) is 0 Å². The number of anilines is 1. The number of carbonyl (C=O) groups is 1. The summed E-state index contributed by atoms with van der Waals surface area (Å²) < 4.78 is 13.9. The van der Waals surface area contributed by atoms with Gasteiger partial charge in [-0.1, -0.05) is 35.9 Å². The maximum absolute atomic E-state index is 13.9. The summed E-state index contributed by atoms with van der Waals surface area (Å²) in [5.41, 5.74) is 2.03. The van der Waals surface area contributed by atoms with Crippen LogP contribution in [0.2, 0.25) is 5.02 Å². The Kier molecular flexibility index (Phi) is 6.90. The summed E-state index contributed by atoms with van der Waals surface area (Å²) in [4.78, 5) is 18.1. The van der Waals surface area contributed by atoms with Crippen LogP contribution >= 0.6 is 23.4 Å². The molecule has 2 aromatic carbocycles. The van der Waals surface area contributed by atoms with E-state index < -0.39 is 5.82 Å². The number of benzene rings is 2. The van der Waals surface area contributed by atoms with Gasteiger partial charge in [0, 0.05) is 35.3 Å². The van der Waals surface area contributed by atoms with Crippen molar-refractivity contribution in [2.45, 2.75) is 17.3 Å². The van der Waals surface area contributed by atoms with E-state index in [4.69, 9.17) is 11.6 Å². The number of thioether (sulfide) groups is 1. The van der Waals surface area contributed by atoms with Crippen molar-refractivity contribution >= 4 is 35.1 Å². The molecule has 3 aromatic rings. The fraction of sp³-hybridized carbons (Fsp3) is 0.143. The van der Waals surface area contributed by atoms with Gasteiger partial charge in [0.25, 0.3) is 0 Å². The second-order valence-electron chi connectivity index (χ2n) is 6.14. The average molecular weight is 416 g/mol. The molecule has 2 amide bonds. The first-order chi connectivity index (χ1) is 13.5. The summed E-state index contributed by atoms with van der Waals surface area (Å²) in [5, 5.41) is 4.08. The van der Waals surface area contributed by atoms with Gasteiger partial charge in [-0.05, 0) is 42.0 Å². The number of aromatic nitrogens is 1. The molecular formula is C21H19ClFN3OS. The van der Waals surface area contributed by atoms with E-state index in [1.165, 1.54) is 17.0 Å². The van der Waals surface area contributed by atoms with Crippen LogP contribution in [0.25, 0.3) is 0 Å².